The lowest BCUT2D eigenvalue weighted by Crippen LogP contribution is -2.53. The molecule has 4 heteroatoms. The number of rotatable bonds is 3. The van der Waals surface area contributed by atoms with Crippen LogP contribution in [0.1, 0.15) is 49.0 Å². The van der Waals surface area contributed by atoms with Crippen LogP contribution in [-0.2, 0) is 0 Å². The molecule has 4 saturated carbocycles. The summed E-state index contributed by atoms with van der Waals surface area (Å²) in [5, 5.41) is 9.02. The molecular weight excluding hydrogens is 254 g/mol. The fourth-order valence-corrected chi connectivity index (χ4v) is 4.97. The molecule has 0 radical (unpaired) electrons. The summed E-state index contributed by atoms with van der Waals surface area (Å²) in [6.07, 6.45) is 7.47. The van der Waals surface area contributed by atoms with Crippen molar-refractivity contribution in [1.82, 2.24) is 4.98 Å². The lowest BCUT2D eigenvalue weighted by atomic mass is 9.54. The predicted molar refractivity (Wildman–Crippen MR) is 72.7 cm³/mol. The van der Waals surface area contributed by atoms with Gasteiger partial charge in [-0.2, -0.15) is 0 Å². The molecule has 0 amide bonds. The predicted octanol–water partition coefficient (Wildman–Crippen LogP) is 3.13. The van der Waals surface area contributed by atoms with E-state index in [1.165, 1.54) is 25.3 Å². The summed E-state index contributed by atoms with van der Waals surface area (Å²) in [4.78, 5) is 15.1. The molecule has 1 heterocycles. The third-order valence-electron chi connectivity index (χ3n) is 5.25. The van der Waals surface area contributed by atoms with Crippen molar-refractivity contribution in [3.8, 4) is 5.88 Å². The van der Waals surface area contributed by atoms with E-state index in [-0.39, 0.29) is 11.3 Å². The zero-order valence-corrected chi connectivity index (χ0v) is 11.4. The molecule has 1 N–H and O–H groups in total. The van der Waals surface area contributed by atoms with E-state index in [4.69, 9.17) is 9.84 Å². The second-order valence-corrected chi connectivity index (χ2v) is 6.87. The van der Waals surface area contributed by atoms with E-state index in [1.54, 1.807) is 12.1 Å². The van der Waals surface area contributed by atoms with Crippen molar-refractivity contribution in [2.45, 2.75) is 44.1 Å². The highest BCUT2D eigenvalue weighted by Gasteiger charge is 2.52. The summed E-state index contributed by atoms with van der Waals surface area (Å²) in [7, 11) is 0. The second-order valence-electron chi connectivity index (χ2n) is 6.87. The van der Waals surface area contributed by atoms with Gasteiger partial charge in [-0.15, -0.1) is 0 Å². The van der Waals surface area contributed by atoms with Gasteiger partial charge in [0.2, 0.25) is 5.88 Å². The van der Waals surface area contributed by atoms with Gasteiger partial charge in [0.25, 0.3) is 0 Å². The highest BCUT2D eigenvalue weighted by atomic mass is 16.5. The molecule has 4 aliphatic carbocycles. The van der Waals surface area contributed by atoms with E-state index >= 15 is 0 Å². The van der Waals surface area contributed by atoms with E-state index in [9.17, 15) is 4.79 Å². The summed E-state index contributed by atoms with van der Waals surface area (Å²) in [5.41, 5.74) is -0.00831. The van der Waals surface area contributed by atoms with Crippen LogP contribution in [0.3, 0.4) is 0 Å². The highest BCUT2D eigenvalue weighted by molar-refractivity contribution is 5.85. The Balaban J connectivity index is 1.59. The summed E-state index contributed by atoms with van der Waals surface area (Å²) in [6.45, 7) is 0. The van der Waals surface area contributed by atoms with Gasteiger partial charge in [0, 0.05) is 6.07 Å². The first-order valence-corrected chi connectivity index (χ1v) is 7.51. The van der Waals surface area contributed by atoms with E-state index in [0.29, 0.717) is 5.88 Å². The van der Waals surface area contributed by atoms with Gasteiger partial charge in [-0.3, -0.25) is 0 Å². The number of carbonyl (C=O) groups is 1. The summed E-state index contributed by atoms with van der Waals surface area (Å²) < 4.78 is 6.23. The van der Waals surface area contributed by atoms with Gasteiger partial charge < -0.3 is 9.84 Å². The van der Waals surface area contributed by atoms with Crippen LogP contribution in [0, 0.1) is 17.8 Å². The molecule has 0 unspecified atom stereocenters. The minimum Gasteiger partial charge on any atom is -0.477 e. The number of hydrogen-bond donors (Lipinski definition) is 1. The monoisotopic (exact) mass is 273 g/mol. The summed E-state index contributed by atoms with van der Waals surface area (Å²) in [6, 6.07) is 5.01. The highest BCUT2D eigenvalue weighted by Crippen LogP contribution is 2.56. The third-order valence-corrected chi connectivity index (χ3v) is 5.25. The van der Waals surface area contributed by atoms with Gasteiger partial charge in [-0.1, -0.05) is 6.07 Å². The lowest BCUT2D eigenvalue weighted by Gasteiger charge is -2.55. The van der Waals surface area contributed by atoms with Crippen molar-refractivity contribution in [3.63, 3.8) is 0 Å². The Morgan fingerprint density at radius 3 is 2.30 bits per heavy atom. The molecule has 0 aromatic carbocycles. The Bertz CT molecular complexity index is 519. The largest absolute Gasteiger partial charge is 0.477 e. The first-order chi connectivity index (χ1) is 9.62. The molecule has 0 saturated heterocycles. The first-order valence-electron chi connectivity index (χ1n) is 7.51. The van der Waals surface area contributed by atoms with Crippen molar-refractivity contribution >= 4 is 5.97 Å². The molecule has 4 aliphatic rings. The number of aromatic nitrogens is 1. The van der Waals surface area contributed by atoms with E-state index in [1.807, 2.05) is 0 Å². The number of aromatic carboxylic acids is 1. The van der Waals surface area contributed by atoms with Crippen molar-refractivity contribution in [3.05, 3.63) is 23.9 Å². The molecule has 5 rings (SSSR count). The zero-order valence-electron chi connectivity index (χ0n) is 11.4. The number of ether oxygens (including phenoxy) is 1. The normalized spacial score (nSPS) is 37.9. The van der Waals surface area contributed by atoms with Crippen LogP contribution in [0.15, 0.2) is 18.2 Å². The van der Waals surface area contributed by atoms with Crippen LogP contribution in [0.5, 0.6) is 5.88 Å². The molecule has 0 aliphatic heterocycles. The number of pyridine rings is 1. The van der Waals surface area contributed by atoms with Crippen molar-refractivity contribution < 1.29 is 14.6 Å². The summed E-state index contributed by atoms with van der Waals surface area (Å²) >= 11 is 0. The molecule has 4 bridgehead atoms. The Kier molecular flexibility index (Phi) is 2.56. The van der Waals surface area contributed by atoms with Crippen LogP contribution >= 0.6 is 0 Å². The molecule has 4 fully saturated rings. The molecule has 0 spiro atoms. The third kappa shape index (κ3) is 1.98. The van der Waals surface area contributed by atoms with Gasteiger partial charge >= 0.3 is 5.97 Å². The summed E-state index contributed by atoms with van der Waals surface area (Å²) in [5.74, 6) is 1.91. The van der Waals surface area contributed by atoms with Gasteiger partial charge in [-0.05, 0) is 62.3 Å². The Labute approximate surface area is 118 Å². The van der Waals surface area contributed by atoms with Crippen LogP contribution in [0.4, 0.5) is 0 Å². The van der Waals surface area contributed by atoms with Crippen LogP contribution < -0.4 is 4.74 Å². The van der Waals surface area contributed by atoms with Gasteiger partial charge in [0.1, 0.15) is 5.60 Å². The average molecular weight is 273 g/mol. The van der Waals surface area contributed by atoms with E-state index in [0.717, 1.165) is 37.0 Å². The maximum absolute atomic E-state index is 11.0. The Morgan fingerprint density at radius 1 is 1.15 bits per heavy atom. The number of carboxylic acid groups (broad SMARTS) is 1. The number of hydrogen-bond acceptors (Lipinski definition) is 3. The molecule has 4 nitrogen and oxygen atoms in total. The topological polar surface area (TPSA) is 59.4 Å². The Hall–Kier alpha value is -1.58. The van der Waals surface area contributed by atoms with Crippen molar-refractivity contribution in [2.75, 3.05) is 0 Å². The minimum absolute atomic E-state index is 0.0622. The van der Waals surface area contributed by atoms with E-state index < -0.39 is 5.97 Å². The minimum atomic E-state index is -0.999. The van der Waals surface area contributed by atoms with Gasteiger partial charge in [0.05, 0.1) is 0 Å². The van der Waals surface area contributed by atoms with Crippen LogP contribution in [0.25, 0.3) is 0 Å². The molecular formula is C16H19NO3. The Morgan fingerprint density at radius 2 is 1.75 bits per heavy atom. The quantitative estimate of drug-likeness (QED) is 0.919. The van der Waals surface area contributed by atoms with Gasteiger partial charge in [0.15, 0.2) is 5.69 Å². The van der Waals surface area contributed by atoms with Crippen molar-refractivity contribution in [2.24, 2.45) is 17.8 Å². The van der Waals surface area contributed by atoms with Crippen LogP contribution in [0.2, 0.25) is 0 Å². The van der Waals surface area contributed by atoms with Gasteiger partial charge in [-0.25, -0.2) is 9.78 Å². The first kappa shape index (κ1) is 12.2. The molecule has 1 aromatic heterocycles. The molecule has 1 aromatic rings. The second kappa shape index (κ2) is 4.21. The lowest BCUT2D eigenvalue weighted by molar-refractivity contribution is -0.109. The zero-order chi connectivity index (χ0) is 13.7. The smallest absolute Gasteiger partial charge is 0.354 e. The van der Waals surface area contributed by atoms with Crippen molar-refractivity contribution in [1.29, 1.82) is 0 Å². The standard InChI is InChI=1S/C16H19NO3/c18-15(19)13-2-1-3-14(17-13)20-16-7-10-4-11(8-16)6-12(5-10)9-16/h1-3,10-12H,4-9H2,(H,18,19). The maximum Gasteiger partial charge on any atom is 0.354 e. The number of nitrogens with zero attached hydrogens (tertiary/aromatic N) is 1. The fraction of sp³-hybridized carbons (Fsp3) is 0.625. The fourth-order valence-electron chi connectivity index (χ4n) is 4.97. The maximum atomic E-state index is 11.0. The number of carboxylic acids is 1. The SMILES string of the molecule is O=C(O)c1cccc(OC23CC4CC(CC(C4)C2)C3)n1. The average Bonchev–Trinajstić information content (AvgIpc) is 2.36. The van der Waals surface area contributed by atoms with E-state index in [2.05, 4.69) is 4.98 Å². The molecule has 0 atom stereocenters. The van der Waals surface area contributed by atoms with Crippen LogP contribution in [-0.4, -0.2) is 21.7 Å². The molecule has 106 valence electrons. The molecule has 20 heavy (non-hydrogen) atoms.